The zero-order chi connectivity index (χ0) is 17.0. The highest BCUT2D eigenvalue weighted by molar-refractivity contribution is 6.31. The second kappa shape index (κ2) is 7.35. The van der Waals surface area contributed by atoms with E-state index in [4.69, 9.17) is 16.7 Å². The molecule has 0 saturated heterocycles. The summed E-state index contributed by atoms with van der Waals surface area (Å²) in [7, 11) is 0. The number of hydrogen-bond donors (Lipinski definition) is 2. The number of carboxylic acid groups (broad SMARTS) is 2. The van der Waals surface area contributed by atoms with Crippen LogP contribution in [0.5, 0.6) is 0 Å². The van der Waals surface area contributed by atoms with Crippen molar-refractivity contribution in [2.24, 2.45) is 0 Å². The maximum atomic E-state index is 11.7. The van der Waals surface area contributed by atoms with Crippen molar-refractivity contribution in [3.63, 3.8) is 0 Å². The molecule has 1 aromatic rings. The van der Waals surface area contributed by atoms with Gasteiger partial charge in [-0.15, -0.1) is 0 Å². The summed E-state index contributed by atoms with van der Waals surface area (Å²) in [5.41, 5.74) is 0.407. The van der Waals surface area contributed by atoms with Crippen molar-refractivity contribution in [3.8, 4) is 0 Å². The number of halogens is 1. The van der Waals surface area contributed by atoms with E-state index in [0.29, 0.717) is 16.5 Å². The molecule has 1 aromatic carbocycles. The molecule has 1 atom stereocenters. The van der Waals surface area contributed by atoms with E-state index in [2.05, 4.69) is 0 Å². The van der Waals surface area contributed by atoms with Gasteiger partial charge < -0.3 is 10.2 Å². The van der Waals surface area contributed by atoms with E-state index in [-0.39, 0.29) is 12.8 Å². The van der Waals surface area contributed by atoms with Crippen LogP contribution in [0.25, 0.3) is 0 Å². The van der Waals surface area contributed by atoms with Crippen LogP contribution in [0.1, 0.15) is 68.9 Å². The third-order valence-corrected chi connectivity index (χ3v) is 5.32. The van der Waals surface area contributed by atoms with E-state index in [0.717, 1.165) is 18.4 Å². The van der Waals surface area contributed by atoms with Crippen molar-refractivity contribution in [2.75, 3.05) is 0 Å². The number of aliphatic carboxylic acids is 2. The molecule has 0 bridgehead atoms. The van der Waals surface area contributed by atoms with E-state index < -0.39 is 17.4 Å². The van der Waals surface area contributed by atoms with Crippen LogP contribution in [0.2, 0.25) is 5.02 Å². The molecule has 0 radical (unpaired) electrons. The normalized spacial score (nSPS) is 18.3. The van der Waals surface area contributed by atoms with Gasteiger partial charge in [0.25, 0.3) is 0 Å². The Morgan fingerprint density at radius 2 is 1.87 bits per heavy atom. The van der Waals surface area contributed by atoms with Crippen LogP contribution in [-0.2, 0) is 15.0 Å². The molecule has 0 heterocycles. The van der Waals surface area contributed by atoms with Crippen LogP contribution in [0, 0.1) is 0 Å². The number of carbonyl (C=O) groups is 2. The first kappa shape index (κ1) is 17.8. The summed E-state index contributed by atoms with van der Waals surface area (Å²) in [6.07, 6.45) is 5.75. The van der Waals surface area contributed by atoms with Crippen LogP contribution in [0.4, 0.5) is 0 Å². The SMILES string of the molecule is CC(CCC(=O)O)(C(=O)O)c1ccc(C2CCCCC2)c(Cl)c1. The summed E-state index contributed by atoms with van der Waals surface area (Å²) in [5, 5.41) is 19.0. The zero-order valence-electron chi connectivity index (χ0n) is 13.3. The molecule has 5 heteroatoms. The fourth-order valence-electron chi connectivity index (χ4n) is 3.35. The van der Waals surface area contributed by atoms with Gasteiger partial charge in [-0.3, -0.25) is 9.59 Å². The minimum absolute atomic E-state index is 0.0385. The lowest BCUT2D eigenvalue weighted by Crippen LogP contribution is -2.33. The molecule has 23 heavy (non-hydrogen) atoms. The molecule has 0 spiro atoms. The summed E-state index contributed by atoms with van der Waals surface area (Å²) < 4.78 is 0. The van der Waals surface area contributed by atoms with Gasteiger partial charge in [-0.2, -0.15) is 0 Å². The van der Waals surface area contributed by atoms with Gasteiger partial charge in [0.1, 0.15) is 0 Å². The highest BCUT2D eigenvalue weighted by Crippen LogP contribution is 2.39. The molecular formula is C18H23ClO4. The molecule has 1 aliphatic rings. The number of hydrogen-bond acceptors (Lipinski definition) is 2. The minimum atomic E-state index is -1.24. The topological polar surface area (TPSA) is 74.6 Å². The van der Waals surface area contributed by atoms with Gasteiger partial charge in [-0.1, -0.05) is 43.0 Å². The van der Waals surface area contributed by atoms with Crippen molar-refractivity contribution in [2.45, 2.75) is 63.2 Å². The summed E-state index contributed by atoms with van der Waals surface area (Å²) in [6.45, 7) is 1.56. The lowest BCUT2D eigenvalue weighted by atomic mass is 9.77. The average molecular weight is 339 g/mol. The van der Waals surface area contributed by atoms with E-state index in [1.165, 1.54) is 19.3 Å². The first-order valence-corrected chi connectivity index (χ1v) is 8.47. The second-order valence-corrected chi connectivity index (χ2v) is 7.01. The average Bonchev–Trinajstić information content (AvgIpc) is 2.53. The van der Waals surface area contributed by atoms with E-state index in [9.17, 15) is 14.7 Å². The van der Waals surface area contributed by atoms with E-state index >= 15 is 0 Å². The van der Waals surface area contributed by atoms with Crippen LogP contribution < -0.4 is 0 Å². The number of benzene rings is 1. The van der Waals surface area contributed by atoms with Gasteiger partial charge in [0.15, 0.2) is 0 Å². The van der Waals surface area contributed by atoms with Gasteiger partial charge in [-0.25, -0.2) is 0 Å². The predicted octanol–water partition coefficient (Wildman–Crippen LogP) is 4.59. The lowest BCUT2D eigenvalue weighted by Gasteiger charge is -2.27. The largest absolute Gasteiger partial charge is 0.481 e. The number of rotatable bonds is 6. The Bertz CT molecular complexity index is 593. The summed E-state index contributed by atoms with van der Waals surface area (Å²) in [5.74, 6) is -1.58. The molecule has 1 fully saturated rings. The van der Waals surface area contributed by atoms with Crippen molar-refractivity contribution < 1.29 is 19.8 Å². The quantitative estimate of drug-likeness (QED) is 0.795. The Morgan fingerprint density at radius 3 is 2.39 bits per heavy atom. The Labute approximate surface area is 141 Å². The van der Waals surface area contributed by atoms with Crippen LogP contribution in [-0.4, -0.2) is 22.2 Å². The molecule has 2 rings (SSSR count). The summed E-state index contributed by atoms with van der Waals surface area (Å²) in [4.78, 5) is 22.5. The number of carboxylic acids is 2. The van der Waals surface area contributed by atoms with Gasteiger partial charge in [0.05, 0.1) is 5.41 Å². The fourth-order valence-corrected chi connectivity index (χ4v) is 3.68. The molecule has 1 aliphatic carbocycles. The van der Waals surface area contributed by atoms with Crippen LogP contribution in [0.15, 0.2) is 18.2 Å². The standard InChI is InChI=1S/C18H23ClO4/c1-18(17(22)23,10-9-16(20)21)13-7-8-14(15(19)11-13)12-5-3-2-4-6-12/h7-8,11-12H,2-6,9-10H2,1H3,(H,20,21)(H,22,23). The van der Waals surface area contributed by atoms with Crippen molar-refractivity contribution >= 4 is 23.5 Å². The molecule has 0 aliphatic heterocycles. The van der Waals surface area contributed by atoms with E-state index in [1.807, 2.05) is 6.07 Å². The molecule has 126 valence electrons. The predicted molar refractivity (Wildman–Crippen MR) is 89.1 cm³/mol. The second-order valence-electron chi connectivity index (χ2n) is 6.60. The maximum absolute atomic E-state index is 11.7. The van der Waals surface area contributed by atoms with Crippen LogP contribution >= 0.6 is 11.6 Å². The third kappa shape index (κ3) is 4.05. The Morgan fingerprint density at radius 1 is 1.22 bits per heavy atom. The molecular weight excluding hydrogens is 316 g/mol. The Hall–Kier alpha value is -1.55. The minimum Gasteiger partial charge on any atom is -0.481 e. The molecule has 2 N–H and O–H groups in total. The maximum Gasteiger partial charge on any atom is 0.313 e. The highest BCUT2D eigenvalue weighted by Gasteiger charge is 2.36. The molecule has 0 amide bonds. The van der Waals surface area contributed by atoms with Gasteiger partial charge >= 0.3 is 11.9 Å². The molecule has 1 saturated carbocycles. The zero-order valence-corrected chi connectivity index (χ0v) is 14.1. The Kier molecular flexibility index (Phi) is 5.69. The monoisotopic (exact) mass is 338 g/mol. The molecule has 4 nitrogen and oxygen atoms in total. The van der Waals surface area contributed by atoms with Crippen molar-refractivity contribution in [1.82, 2.24) is 0 Å². The summed E-state index contributed by atoms with van der Waals surface area (Å²) >= 11 is 6.43. The van der Waals surface area contributed by atoms with Gasteiger partial charge in [-0.05, 0) is 49.3 Å². The molecule has 0 aromatic heterocycles. The smallest absolute Gasteiger partial charge is 0.313 e. The fraction of sp³-hybridized carbons (Fsp3) is 0.556. The Balaban J connectivity index is 2.28. The van der Waals surface area contributed by atoms with Crippen molar-refractivity contribution in [1.29, 1.82) is 0 Å². The first-order valence-electron chi connectivity index (χ1n) is 8.09. The lowest BCUT2D eigenvalue weighted by molar-refractivity contribution is -0.144. The highest BCUT2D eigenvalue weighted by atomic mass is 35.5. The van der Waals surface area contributed by atoms with Gasteiger partial charge in [0, 0.05) is 11.4 Å². The van der Waals surface area contributed by atoms with Crippen LogP contribution in [0.3, 0.4) is 0 Å². The van der Waals surface area contributed by atoms with Gasteiger partial charge in [0.2, 0.25) is 0 Å². The third-order valence-electron chi connectivity index (χ3n) is 4.99. The first-order chi connectivity index (χ1) is 10.8. The van der Waals surface area contributed by atoms with Crippen molar-refractivity contribution in [3.05, 3.63) is 34.3 Å². The van der Waals surface area contributed by atoms with E-state index in [1.54, 1.807) is 19.1 Å². The molecule has 1 unspecified atom stereocenters. The summed E-state index contributed by atoms with van der Waals surface area (Å²) in [6, 6.07) is 5.43.